The molecule has 0 bridgehead atoms. The summed E-state index contributed by atoms with van der Waals surface area (Å²) in [6.07, 6.45) is 0. The number of Topliss-reactive ketones (excluding diaryl/α,β-unsaturated/α-hetero) is 2. The molecule has 1 aromatic heterocycles. The molecule has 0 aliphatic heterocycles. The Morgan fingerprint density at radius 3 is 2.26 bits per heavy atom. The average molecular weight is 331 g/mol. The summed E-state index contributed by atoms with van der Waals surface area (Å²) in [5.41, 5.74) is 4.65. The minimum atomic E-state index is -0.0214. The highest BCUT2D eigenvalue weighted by atomic mass is 32.2. The third kappa shape index (κ3) is 4.12. The number of aromatic nitrogens is 1. The fraction of sp³-hybridized carbons (Fsp3) is 0.333. The predicted molar refractivity (Wildman–Crippen MR) is 93.1 cm³/mol. The molecule has 1 heterocycles. The Morgan fingerprint density at radius 1 is 1.13 bits per heavy atom. The number of ketones is 2. The highest BCUT2D eigenvalue weighted by Gasteiger charge is 2.19. The number of hydrogen-bond acceptors (Lipinski definition) is 4. The Hall–Kier alpha value is -1.85. The third-order valence-corrected chi connectivity index (χ3v) is 4.78. The molecule has 0 saturated heterocycles. The van der Waals surface area contributed by atoms with Crippen LogP contribution < -0.4 is 0 Å². The number of H-pyrrole nitrogens is 1. The van der Waals surface area contributed by atoms with E-state index in [-0.39, 0.29) is 18.2 Å². The van der Waals surface area contributed by atoms with Crippen LogP contribution in [0.3, 0.4) is 0 Å². The first-order valence-electron chi connectivity index (χ1n) is 7.43. The van der Waals surface area contributed by atoms with E-state index in [1.165, 1.54) is 18.7 Å². The van der Waals surface area contributed by atoms with Crippen molar-refractivity contribution >= 4 is 23.3 Å². The summed E-state index contributed by atoms with van der Waals surface area (Å²) in [4.78, 5) is 27.0. The zero-order chi connectivity index (χ0) is 17.0. The van der Waals surface area contributed by atoms with E-state index in [0.29, 0.717) is 17.0 Å². The van der Waals surface area contributed by atoms with Crippen molar-refractivity contribution < 1.29 is 14.7 Å². The molecule has 0 unspecified atom stereocenters. The fourth-order valence-electron chi connectivity index (χ4n) is 2.63. The number of aryl methyl sites for hydroxylation is 1. The normalized spacial score (nSPS) is 10.8. The summed E-state index contributed by atoms with van der Waals surface area (Å²) in [6, 6.07) is 7.69. The van der Waals surface area contributed by atoms with Crippen LogP contribution in [0, 0.1) is 13.8 Å². The minimum absolute atomic E-state index is 0.00933. The highest BCUT2D eigenvalue weighted by molar-refractivity contribution is 7.99. The van der Waals surface area contributed by atoms with Crippen molar-refractivity contribution in [2.45, 2.75) is 33.1 Å². The minimum Gasteiger partial charge on any atom is -0.392 e. The van der Waals surface area contributed by atoms with Gasteiger partial charge in [-0.05, 0) is 37.5 Å². The third-order valence-electron chi connectivity index (χ3n) is 3.78. The average Bonchev–Trinajstić information content (AvgIpc) is 2.82. The summed E-state index contributed by atoms with van der Waals surface area (Å²) in [6.45, 7) is 5.18. The van der Waals surface area contributed by atoms with Crippen molar-refractivity contribution in [1.82, 2.24) is 4.98 Å². The largest absolute Gasteiger partial charge is 0.392 e. The first-order valence-corrected chi connectivity index (χ1v) is 8.59. The maximum Gasteiger partial charge on any atom is 0.189 e. The van der Waals surface area contributed by atoms with Crippen LogP contribution in [0.1, 0.15) is 50.2 Å². The molecule has 0 aliphatic carbocycles. The van der Waals surface area contributed by atoms with Crippen LogP contribution in [-0.2, 0) is 12.4 Å². The maximum atomic E-state index is 12.3. The number of rotatable bonds is 7. The molecule has 1 aromatic carbocycles. The number of carbonyl (C=O) groups is 2. The number of benzene rings is 1. The number of aromatic amines is 1. The first kappa shape index (κ1) is 17.5. The first-order chi connectivity index (χ1) is 10.9. The zero-order valence-electron chi connectivity index (χ0n) is 13.6. The van der Waals surface area contributed by atoms with Crippen LogP contribution in [0.5, 0.6) is 0 Å². The lowest BCUT2D eigenvalue weighted by molar-refractivity contribution is 0.101. The van der Waals surface area contributed by atoms with E-state index in [0.717, 1.165) is 28.1 Å². The second-order valence-electron chi connectivity index (χ2n) is 5.57. The fourth-order valence-corrected chi connectivity index (χ4v) is 3.49. The maximum absolute atomic E-state index is 12.3. The van der Waals surface area contributed by atoms with Crippen molar-refractivity contribution in [3.8, 4) is 0 Å². The van der Waals surface area contributed by atoms with Gasteiger partial charge in [-0.3, -0.25) is 9.59 Å². The Labute approximate surface area is 140 Å². The number of hydrogen-bond donors (Lipinski definition) is 2. The van der Waals surface area contributed by atoms with Crippen molar-refractivity contribution in [2.75, 3.05) is 5.75 Å². The molecule has 0 aliphatic rings. The van der Waals surface area contributed by atoms with E-state index in [1.54, 1.807) is 0 Å². The molecule has 0 spiro atoms. The number of aliphatic hydroxyl groups excluding tert-OH is 1. The second-order valence-corrected chi connectivity index (χ2v) is 6.56. The van der Waals surface area contributed by atoms with Crippen LogP contribution in [0.4, 0.5) is 0 Å². The van der Waals surface area contributed by atoms with Crippen molar-refractivity contribution in [1.29, 1.82) is 0 Å². The van der Waals surface area contributed by atoms with Crippen LogP contribution >= 0.6 is 11.8 Å². The van der Waals surface area contributed by atoms with E-state index >= 15 is 0 Å². The molecule has 5 heteroatoms. The lowest BCUT2D eigenvalue weighted by Crippen LogP contribution is -2.06. The molecule has 2 aromatic rings. The van der Waals surface area contributed by atoms with Crippen molar-refractivity contribution in [3.63, 3.8) is 0 Å². The molecule has 0 saturated carbocycles. The van der Waals surface area contributed by atoms with E-state index in [2.05, 4.69) is 4.98 Å². The van der Waals surface area contributed by atoms with E-state index in [4.69, 9.17) is 5.11 Å². The topological polar surface area (TPSA) is 70.2 Å². The summed E-state index contributed by atoms with van der Waals surface area (Å²) < 4.78 is 0. The smallest absolute Gasteiger partial charge is 0.189 e. The van der Waals surface area contributed by atoms with Gasteiger partial charge in [0, 0.05) is 17.0 Å². The number of aliphatic hydroxyl groups is 1. The zero-order valence-corrected chi connectivity index (χ0v) is 14.4. The molecular formula is C18H21NO3S. The summed E-state index contributed by atoms with van der Waals surface area (Å²) in [5, 5.41) is 9.02. The number of carbonyl (C=O) groups excluding carboxylic acids is 2. The predicted octanol–water partition coefficient (Wildman–Crippen LogP) is 3.44. The van der Waals surface area contributed by atoms with Gasteiger partial charge in [-0.15, -0.1) is 11.8 Å². The van der Waals surface area contributed by atoms with Gasteiger partial charge >= 0.3 is 0 Å². The monoisotopic (exact) mass is 331 g/mol. The molecule has 0 amide bonds. The number of thioether (sulfide) groups is 1. The van der Waals surface area contributed by atoms with Crippen LogP contribution in [0.2, 0.25) is 0 Å². The lowest BCUT2D eigenvalue weighted by atomic mass is 10.1. The van der Waals surface area contributed by atoms with E-state index < -0.39 is 0 Å². The molecular weight excluding hydrogens is 310 g/mol. The Bertz CT molecular complexity index is 717. The van der Waals surface area contributed by atoms with E-state index in [9.17, 15) is 9.59 Å². The van der Waals surface area contributed by atoms with Gasteiger partial charge in [-0.25, -0.2) is 0 Å². The standard InChI is InChI=1S/C18H21NO3S/c1-11-17(13(3)21)12(2)19-18(11)16(22)10-23-9-15-6-4-14(8-20)5-7-15/h4-7,19-20H,8-10H2,1-3H3. The van der Waals surface area contributed by atoms with Crippen molar-refractivity contribution in [2.24, 2.45) is 0 Å². The summed E-state index contributed by atoms with van der Waals surface area (Å²) in [5.74, 6) is 1.08. The SMILES string of the molecule is CC(=O)c1c(C)[nH]c(C(=O)CSCc2ccc(CO)cc2)c1C. The van der Waals surface area contributed by atoms with Crippen LogP contribution in [0.15, 0.2) is 24.3 Å². The van der Waals surface area contributed by atoms with Crippen LogP contribution in [-0.4, -0.2) is 27.4 Å². The number of nitrogens with one attached hydrogen (secondary N) is 1. The van der Waals surface area contributed by atoms with Gasteiger partial charge in [0.2, 0.25) is 0 Å². The molecule has 0 radical (unpaired) electrons. The Balaban J connectivity index is 1.97. The molecule has 2 N–H and O–H groups in total. The molecule has 23 heavy (non-hydrogen) atoms. The van der Waals surface area contributed by atoms with Gasteiger partial charge in [0.15, 0.2) is 11.6 Å². The molecule has 0 atom stereocenters. The van der Waals surface area contributed by atoms with Gasteiger partial charge in [0.1, 0.15) is 0 Å². The van der Waals surface area contributed by atoms with E-state index in [1.807, 2.05) is 38.1 Å². The molecule has 4 nitrogen and oxygen atoms in total. The Kier molecular flexibility index (Phi) is 5.80. The highest BCUT2D eigenvalue weighted by Crippen LogP contribution is 2.21. The molecule has 0 fully saturated rings. The van der Waals surface area contributed by atoms with Gasteiger partial charge in [0.05, 0.1) is 18.1 Å². The van der Waals surface area contributed by atoms with Gasteiger partial charge in [-0.2, -0.15) is 0 Å². The van der Waals surface area contributed by atoms with Crippen molar-refractivity contribution in [3.05, 3.63) is 57.9 Å². The summed E-state index contributed by atoms with van der Waals surface area (Å²) in [7, 11) is 0. The summed E-state index contributed by atoms with van der Waals surface area (Å²) >= 11 is 1.54. The molecule has 2 rings (SSSR count). The van der Waals surface area contributed by atoms with Crippen LogP contribution in [0.25, 0.3) is 0 Å². The van der Waals surface area contributed by atoms with Gasteiger partial charge < -0.3 is 10.1 Å². The van der Waals surface area contributed by atoms with Gasteiger partial charge in [-0.1, -0.05) is 24.3 Å². The molecule has 122 valence electrons. The second kappa shape index (κ2) is 7.62. The van der Waals surface area contributed by atoms with Gasteiger partial charge in [0.25, 0.3) is 0 Å². The Morgan fingerprint density at radius 2 is 1.74 bits per heavy atom. The lowest BCUT2D eigenvalue weighted by Gasteiger charge is -2.03. The quantitative estimate of drug-likeness (QED) is 0.763.